The number of hydrogen-bond acceptors (Lipinski definition) is 2. The summed E-state index contributed by atoms with van der Waals surface area (Å²) in [4.78, 5) is 23.1. The number of rotatable bonds is 12. The van der Waals surface area contributed by atoms with Gasteiger partial charge in [0.05, 0.1) is 11.1 Å². The summed E-state index contributed by atoms with van der Waals surface area (Å²) in [5.74, 6) is -2.30. The molecule has 0 bridgehead atoms. The van der Waals surface area contributed by atoms with E-state index in [1.807, 2.05) is 0 Å². The molecular weight excluding hydrogens is 304 g/mol. The van der Waals surface area contributed by atoms with Crippen molar-refractivity contribution in [2.75, 3.05) is 0 Å². The van der Waals surface area contributed by atoms with E-state index in [2.05, 4.69) is 13.8 Å². The predicted molar refractivity (Wildman–Crippen MR) is 96.1 cm³/mol. The maximum atomic E-state index is 11.7. The Morgan fingerprint density at radius 3 is 2.00 bits per heavy atom. The quantitative estimate of drug-likeness (QED) is 0.507. The van der Waals surface area contributed by atoms with E-state index in [1.165, 1.54) is 25.3 Å². The van der Waals surface area contributed by atoms with Crippen LogP contribution in [0.25, 0.3) is 0 Å². The van der Waals surface area contributed by atoms with Crippen LogP contribution in [0.15, 0.2) is 12.1 Å². The van der Waals surface area contributed by atoms with E-state index in [0.29, 0.717) is 6.42 Å². The number of hydrogen-bond donors (Lipinski definition) is 2. The highest BCUT2D eigenvalue weighted by molar-refractivity contribution is 6.03. The van der Waals surface area contributed by atoms with Crippen LogP contribution < -0.4 is 0 Å². The second-order valence-corrected chi connectivity index (χ2v) is 6.36. The van der Waals surface area contributed by atoms with Gasteiger partial charge in [-0.15, -0.1) is 0 Å². The number of unbranched alkanes of at least 4 members (excludes halogenated alkanes) is 6. The minimum Gasteiger partial charge on any atom is -0.478 e. The fourth-order valence-corrected chi connectivity index (χ4v) is 3.08. The summed E-state index contributed by atoms with van der Waals surface area (Å²) in [5, 5.41) is 18.9. The van der Waals surface area contributed by atoms with Crippen LogP contribution >= 0.6 is 0 Å². The topological polar surface area (TPSA) is 74.6 Å². The lowest BCUT2D eigenvalue weighted by Gasteiger charge is -2.15. The summed E-state index contributed by atoms with van der Waals surface area (Å²) in [7, 11) is 0. The molecule has 0 saturated heterocycles. The van der Waals surface area contributed by atoms with Gasteiger partial charge in [-0.2, -0.15) is 0 Å². The minimum atomic E-state index is -1.17. The van der Waals surface area contributed by atoms with Crippen molar-refractivity contribution < 1.29 is 19.8 Å². The zero-order valence-electron chi connectivity index (χ0n) is 14.9. The number of aromatic carboxylic acids is 2. The second kappa shape index (κ2) is 10.8. The van der Waals surface area contributed by atoms with Gasteiger partial charge in [0, 0.05) is 0 Å². The molecule has 4 heteroatoms. The van der Waals surface area contributed by atoms with Gasteiger partial charge in [-0.05, 0) is 42.9 Å². The Morgan fingerprint density at radius 2 is 1.42 bits per heavy atom. The number of benzene rings is 1. The van der Waals surface area contributed by atoms with Gasteiger partial charge < -0.3 is 10.2 Å². The van der Waals surface area contributed by atoms with Crippen LogP contribution in [0.3, 0.4) is 0 Å². The molecule has 0 atom stereocenters. The van der Waals surface area contributed by atoms with E-state index in [0.717, 1.165) is 49.7 Å². The minimum absolute atomic E-state index is 0.00957. The van der Waals surface area contributed by atoms with Crippen LogP contribution in [0, 0.1) is 0 Å². The molecule has 0 saturated carbocycles. The Hall–Kier alpha value is -1.84. The van der Waals surface area contributed by atoms with Gasteiger partial charge >= 0.3 is 11.9 Å². The van der Waals surface area contributed by atoms with E-state index in [1.54, 1.807) is 6.07 Å². The van der Waals surface area contributed by atoms with Crippen molar-refractivity contribution in [2.24, 2.45) is 0 Å². The molecule has 0 aliphatic rings. The van der Waals surface area contributed by atoms with Crippen LogP contribution in [0.4, 0.5) is 0 Å². The molecule has 0 amide bonds. The van der Waals surface area contributed by atoms with Crippen LogP contribution in [0.5, 0.6) is 0 Å². The highest BCUT2D eigenvalue weighted by atomic mass is 16.4. The number of carboxylic acid groups (broad SMARTS) is 2. The molecule has 0 spiro atoms. The van der Waals surface area contributed by atoms with Gasteiger partial charge in [-0.25, -0.2) is 9.59 Å². The van der Waals surface area contributed by atoms with Gasteiger partial charge in [0.2, 0.25) is 0 Å². The van der Waals surface area contributed by atoms with Crippen molar-refractivity contribution in [1.82, 2.24) is 0 Å². The van der Waals surface area contributed by atoms with Crippen LogP contribution in [-0.2, 0) is 12.8 Å². The summed E-state index contributed by atoms with van der Waals surface area (Å²) in [6.07, 6.45) is 10.2. The first-order chi connectivity index (χ1) is 11.5. The number of carbonyl (C=O) groups is 2. The zero-order chi connectivity index (χ0) is 17.9. The smallest absolute Gasteiger partial charge is 0.336 e. The highest BCUT2D eigenvalue weighted by Gasteiger charge is 2.22. The first-order valence-corrected chi connectivity index (χ1v) is 9.14. The molecule has 0 unspecified atom stereocenters. The van der Waals surface area contributed by atoms with Gasteiger partial charge in [0.25, 0.3) is 0 Å². The van der Waals surface area contributed by atoms with E-state index < -0.39 is 11.9 Å². The average molecular weight is 334 g/mol. The van der Waals surface area contributed by atoms with Gasteiger partial charge in [0.15, 0.2) is 0 Å². The Kier molecular flexibility index (Phi) is 9.13. The molecule has 24 heavy (non-hydrogen) atoms. The molecule has 1 aromatic carbocycles. The summed E-state index contributed by atoms with van der Waals surface area (Å²) >= 11 is 0. The van der Waals surface area contributed by atoms with E-state index >= 15 is 0 Å². The third-order valence-electron chi connectivity index (χ3n) is 4.43. The van der Waals surface area contributed by atoms with Crippen molar-refractivity contribution in [2.45, 2.75) is 78.1 Å². The lowest BCUT2D eigenvalue weighted by atomic mass is 9.89. The predicted octanol–water partition coefficient (Wildman–Crippen LogP) is 5.33. The molecule has 0 fully saturated rings. The third-order valence-corrected chi connectivity index (χ3v) is 4.43. The van der Waals surface area contributed by atoms with Gasteiger partial charge in [-0.3, -0.25) is 0 Å². The maximum Gasteiger partial charge on any atom is 0.336 e. The summed E-state index contributed by atoms with van der Waals surface area (Å²) in [6, 6.07) is 3.25. The molecular formula is C20H30O4. The molecule has 134 valence electrons. The van der Waals surface area contributed by atoms with Crippen LogP contribution in [0.2, 0.25) is 0 Å². The zero-order valence-corrected chi connectivity index (χ0v) is 14.9. The maximum absolute atomic E-state index is 11.7. The van der Waals surface area contributed by atoms with Crippen molar-refractivity contribution >= 4 is 11.9 Å². The second-order valence-electron chi connectivity index (χ2n) is 6.36. The summed E-state index contributed by atoms with van der Waals surface area (Å²) in [5.41, 5.74) is 1.62. The van der Waals surface area contributed by atoms with Crippen molar-refractivity contribution in [1.29, 1.82) is 0 Å². The lowest BCUT2D eigenvalue weighted by Crippen LogP contribution is -2.14. The monoisotopic (exact) mass is 334 g/mol. The summed E-state index contributed by atoms with van der Waals surface area (Å²) in [6.45, 7) is 4.27. The molecule has 0 aliphatic carbocycles. The number of aryl methyl sites for hydroxylation is 1. The Morgan fingerprint density at radius 1 is 0.792 bits per heavy atom. The molecule has 0 heterocycles. The standard InChI is InChI=1S/C20H30O4/c1-3-5-7-8-9-10-12-16-15(11-6-4-2)13-14-17(19(21)22)18(16)20(23)24/h13-14H,3-12H2,1-2H3,(H,21,22)(H,23,24). The molecule has 1 rings (SSSR count). The number of carboxylic acids is 2. The molecule has 0 aliphatic heterocycles. The van der Waals surface area contributed by atoms with Crippen molar-refractivity contribution in [3.8, 4) is 0 Å². The fourth-order valence-electron chi connectivity index (χ4n) is 3.08. The van der Waals surface area contributed by atoms with Crippen LogP contribution in [0.1, 0.15) is 97.1 Å². The van der Waals surface area contributed by atoms with E-state index in [9.17, 15) is 19.8 Å². The van der Waals surface area contributed by atoms with Crippen molar-refractivity contribution in [3.05, 3.63) is 34.4 Å². The normalized spacial score (nSPS) is 10.8. The lowest BCUT2D eigenvalue weighted by molar-refractivity contribution is 0.0650. The van der Waals surface area contributed by atoms with Crippen LogP contribution in [-0.4, -0.2) is 22.2 Å². The average Bonchev–Trinajstić information content (AvgIpc) is 2.55. The summed E-state index contributed by atoms with van der Waals surface area (Å²) < 4.78 is 0. The molecule has 2 N–H and O–H groups in total. The SMILES string of the molecule is CCCCCCCCc1c(CCCC)ccc(C(=O)O)c1C(=O)O. The molecule has 0 aromatic heterocycles. The molecule has 0 radical (unpaired) electrons. The van der Waals surface area contributed by atoms with E-state index in [4.69, 9.17) is 0 Å². The third kappa shape index (κ3) is 5.99. The van der Waals surface area contributed by atoms with Gasteiger partial charge in [-0.1, -0.05) is 58.4 Å². The molecule has 1 aromatic rings. The first-order valence-electron chi connectivity index (χ1n) is 9.14. The fraction of sp³-hybridized carbons (Fsp3) is 0.600. The Balaban J connectivity index is 2.99. The van der Waals surface area contributed by atoms with Gasteiger partial charge in [0.1, 0.15) is 0 Å². The Bertz CT molecular complexity index is 549. The highest BCUT2D eigenvalue weighted by Crippen LogP contribution is 2.24. The Labute approximate surface area is 144 Å². The molecule has 4 nitrogen and oxygen atoms in total. The van der Waals surface area contributed by atoms with Crippen molar-refractivity contribution in [3.63, 3.8) is 0 Å². The first kappa shape index (κ1) is 20.2. The largest absolute Gasteiger partial charge is 0.478 e. The van der Waals surface area contributed by atoms with E-state index in [-0.39, 0.29) is 11.1 Å².